The molecule has 0 saturated carbocycles. The third-order valence-corrected chi connectivity index (χ3v) is 0.668. The number of nitrogen functional groups attached to an aromatic ring is 1. The molecule has 0 aliphatic carbocycles. The molecule has 0 saturated heterocycles. The SMILES string of the molecule is Cn1c[n+](N)cn1.O=[N+]([O-])O. The molecule has 0 radical (unpaired) electrons. The van der Waals surface area contributed by atoms with Crippen molar-refractivity contribution in [2.45, 2.75) is 0 Å². The van der Waals surface area contributed by atoms with Gasteiger partial charge in [-0.3, -0.25) is 5.84 Å². The van der Waals surface area contributed by atoms with Gasteiger partial charge in [-0.25, -0.2) is 0 Å². The van der Waals surface area contributed by atoms with Crippen molar-refractivity contribution < 1.29 is 15.0 Å². The quantitative estimate of drug-likeness (QED) is 0.200. The van der Waals surface area contributed by atoms with Crippen LogP contribution in [0, 0.1) is 10.1 Å². The Morgan fingerprint density at radius 1 is 1.91 bits per heavy atom. The standard InChI is InChI=1S/C3H7N4.HNO3/c1-6-3-7(4)2-5-6;2-1(3)4/h2-3H,4H2,1H3;(H,2,3,4)/q+1;. The maximum absolute atomic E-state index is 8.36. The Hall–Kier alpha value is -1.86. The molecule has 0 spiro atoms. The Morgan fingerprint density at radius 2 is 2.36 bits per heavy atom. The lowest BCUT2D eigenvalue weighted by molar-refractivity contribution is -0.742. The van der Waals surface area contributed by atoms with E-state index in [-0.39, 0.29) is 0 Å². The minimum Gasteiger partial charge on any atom is -0.328 e. The molecule has 0 aliphatic rings. The summed E-state index contributed by atoms with van der Waals surface area (Å²) < 4.78 is 3.01. The van der Waals surface area contributed by atoms with E-state index in [1.165, 1.54) is 11.0 Å². The topological polar surface area (TPSA) is 111 Å². The van der Waals surface area contributed by atoms with Crippen molar-refractivity contribution in [3.63, 3.8) is 0 Å². The molecule has 1 aromatic heterocycles. The summed E-state index contributed by atoms with van der Waals surface area (Å²) >= 11 is 0. The van der Waals surface area contributed by atoms with E-state index in [0.717, 1.165) is 0 Å². The average molecular weight is 162 g/mol. The summed E-state index contributed by atoms with van der Waals surface area (Å²) in [5, 5.41) is 17.4. The van der Waals surface area contributed by atoms with E-state index in [2.05, 4.69) is 5.10 Å². The molecular formula is C3H8N5O3+. The van der Waals surface area contributed by atoms with E-state index in [9.17, 15) is 0 Å². The average Bonchev–Trinajstić information content (AvgIpc) is 2.13. The van der Waals surface area contributed by atoms with Gasteiger partial charge in [0.1, 0.15) is 0 Å². The van der Waals surface area contributed by atoms with E-state index >= 15 is 0 Å². The molecule has 0 fully saturated rings. The van der Waals surface area contributed by atoms with Gasteiger partial charge in [0.2, 0.25) is 6.33 Å². The molecule has 11 heavy (non-hydrogen) atoms. The number of aromatic nitrogens is 3. The van der Waals surface area contributed by atoms with Crippen LogP contribution < -0.4 is 10.5 Å². The molecule has 62 valence electrons. The molecule has 0 aromatic carbocycles. The summed E-state index contributed by atoms with van der Waals surface area (Å²) in [6.07, 6.45) is 3.19. The molecule has 0 amide bonds. The minimum atomic E-state index is -1.50. The summed E-state index contributed by atoms with van der Waals surface area (Å²) in [5.41, 5.74) is 0. The fourth-order valence-electron chi connectivity index (χ4n) is 0.394. The van der Waals surface area contributed by atoms with Crippen molar-refractivity contribution in [3.8, 4) is 0 Å². The van der Waals surface area contributed by atoms with Crippen LogP contribution in [-0.2, 0) is 7.05 Å². The second-order valence-electron chi connectivity index (χ2n) is 1.61. The molecule has 1 aromatic rings. The highest BCUT2D eigenvalue weighted by atomic mass is 16.9. The molecule has 3 N–H and O–H groups in total. The Bertz CT molecular complexity index is 212. The van der Waals surface area contributed by atoms with Gasteiger partial charge in [-0.2, -0.15) is 0 Å². The van der Waals surface area contributed by atoms with Crippen LogP contribution >= 0.6 is 0 Å². The van der Waals surface area contributed by atoms with Crippen molar-refractivity contribution in [1.82, 2.24) is 9.78 Å². The zero-order valence-electron chi connectivity index (χ0n) is 5.78. The van der Waals surface area contributed by atoms with Gasteiger partial charge in [-0.15, -0.1) is 19.5 Å². The van der Waals surface area contributed by atoms with Gasteiger partial charge >= 0.3 is 0 Å². The Morgan fingerprint density at radius 3 is 2.45 bits per heavy atom. The Labute approximate surface area is 61.6 Å². The summed E-state index contributed by atoms with van der Waals surface area (Å²) in [5.74, 6) is 5.21. The predicted octanol–water partition coefficient (Wildman–Crippen LogP) is -1.93. The predicted molar refractivity (Wildman–Crippen MR) is 32.3 cm³/mol. The monoisotopic (exact) mass is 162 g/mol. The van der Waals surface area contributed by atoms with Gasteiger partial charge in [0.15, 0.2) is 0 Å². The second kappa shape index (κ2) is 4.04. The number of rotatable bonds is 0. The van der Waals surface area contributed by atoms with Crippen LogP contribution in [0.5, 0.6) is 0 Å². The van der Waals surface area contributed by atoms with Gasteiger partial charge in [-0.05, 0) is 0 Å². The zero-order valence-corrected chi connectivity index (χ0v) is 5.78. The Balaban J connectivity index is 0.000000218. The van der Waals surface area contributed by atoms with E-state index in [0.29, 0.717) is 0 Å². The summed E-state index contributed by atoms with van der Waals surface area (Å²) in [6.45, 7) is 0. The van der Waals surface area contributed by atoms with Crippen LogP contribution in [0.4, 0.5) is 0 Å². The van der Waals surface area contributed by atoms with E-state index < -0.39 is 5.09 Å². The molecule has 1 heterocycles. The molecule has 8 nitrogen and oxygen atoms in total. The van der Waals surface area contributed by atoms with Crippen molar-refractivity contribution in [2.24, 2.45) is 7.05 Å². The smallest absolute Gasteiger partial charge is 0.291 e. The van der Waals surface area contributed by atoms with Crippen molar-refractivity contribution in [2.75, 3.05) is 5.84 Å². The highest BCUT2D eigenvalue weighted by molar-refractivity contribution is 4.35. The lowest BCUT2D eigenvalue weighted by Gasteiger charge is -1.70. The van der Waals surface area contributed by atoms with E-state index in [4.69, 9.17) is 21.2 Å². The first-order chi connectivity index (χ1) is 5.02. The highest BCUT2D eigenvalue weighted by Crippen LogP contribution is 1.60. The molecule has 0 aliphatic heterocycles. The van der Waals surface area contributed by atoms with E-state index in [1.54, 1.807) is 11.0 Å². The van der Waals surface area contributed by atoms with E-state index in [1.807, 2.05) is 7.05 Å². The summed E-state index contributed by atoms with van der Waals surface area (Å²) in [6, 6.07) is 0. The van der Waals surface area contributed by atoms with Crippen LogP contribution in [-0.4, -0.2) is 20.1 Å². The van der Waals surface area contributed by atoms with Crippen LogP contribution in [0.1, 0.15) is 0 Å². The Kier molecular flexibility index (Phi) is 3.35. The van der Waals surface area contributed by atoms with Crippen LogP contribution in [0.3, 0.4) is 0 Å². The molecular weight excluding hydrogens is 154 g/mol. The minimum absolute atomic E-state index is 1.39. The second-order valence-corrected chi connectivity index (χ2v) is 1.61. The number of nitrogens with two attached hydrogens (primary N) is 1. The fraction of sp³-hybridized carbons (Fsp3) is 0.333. The van der Waals surface area contributed by atoms with Crippen LogP contribution in [0.25, 0.3) is 0 Å². The lowest BCUT2D eigenvalue weighted by atomic mass is 11.2. The maximum Gasteiger partial charge on any atom is 0.291 e. The summed E-state index contributed by atoms with van der Waals surface area (Å²) in [4.78, 5) is 8.36. The number of hydrogen-bond acceptors (Lipinski definition) is 4. The fourth-order valence-corrected chi connectivity index (χ4v) is 0.394. The van der Waals surface area contributed by atoms with Crippen molar-refractivity contribution in [3.05, 3.63) is 22.8 Å². The van der Waals surface area contributed by atoms with Gasteiger partial charge in [0.05, 0.1) is 7.05 Å². The lowest BCUT2D eigenvalue weighted by Crippen LogP contribution is -2.41. The van der Waals surface area contributed by atoms with Gasteiger partial charge in [0.25, 0.3) is 11.4 Å². The van der Waals surface area contributed by atoms with Crippen molar-refractivity contribution >= 4 is 0 Å². The van der Waals surface area contributed by atoms with Gasteiger partial charge in [-0.1, -0.05) is 0 Å². The first-order valence-corrected chi connectivity index (χ1v) is 2.50. The first kappa shape index (κ1) is 9.14. The van der Waals surface area contributed by atoms with Crippen molar-refractivity contribution in [1.29, 1.82) is 0 Å². The molecule has 0 bridgehead atoms. The molecule has 8 heteroatoms. The number of hydrogen-bond donors (Lipinski definition) is 2. The van der Waals surface area contributed by atoms with Crippen LogP contribution in [0.15, 0.2) is 12.7 Å². The maximum atomic E-state index is 8.36. The largest absolute Gasteiger partial charge is 0.328 e. The highest BCUT2D eigenvalue weighted by Gasteiger charge is 1.91. The molecule has 0 unspecified atom stereocenters. The number of aryl methyl sites for hydroxylation is 1. The van der Waals surface area contributed by atoms with Crippen LogP contribution in [0.2, 0.25) is 0 Å². The van der Waals surface area contributed by atoms with Gasteiger partial charge < -0.3 is 5.21 Å². The summed E-state index contributed by atoms with van der Waals surface area (Å²) in [7, 11) is 1.81. The third-order valence-electron chi connectivity index (χ3n) is 0.668. The zero-order chi connectivity index (χ0) is 8.85. The number of nitrogens with zero attached hydrogens (tertiary/aromatic N) is 4. The molecule has 1 rings (SSSR count). The molecule has 0 atom stereocenters. The first-order valence-electron chi connectivity index (χ1n) is 2.50. The van der Waals surface area contributed by atoms with Gasteiger partial charge in [0, 0.05) is 5.10 Å². The normalized spacial score (nSPS) is 8.09. The third kappa shape index (κ3) is 6.02.